The Hall–Kier alpha value is -3.02. The molecule has 2 aromatic carbocycles. The van der Waals surface area contributed by atoms with Gasteiger partial charge in [0, 0.05) is 12.1 Å². The van der Waals surface area contributed by atoms with Gasteiger partial charge in [0.2, 0.25) is 9.84 Å². The SMILES string of the molecule is O=C(Nc1ncc(S(=O)(=O)c2ccc([N+](=O)[O-])cc2)s1)Nc1ccccc1Cl. The van der Waals surface area contributed by atoms with Crippen molar-refractivity contribution in [3.63, 3.8) is 0 Å². The Morgan fingerprint density at radius 3 is 2.43 bits per heavy atom. The summed E-state index contributed by atoms with van der Waals surface area (Å²) >= 11 is 6.71. The summed E-state index contributed by atoms with van der Waals surface area (Å²) in [6, 6.07) is 10.5. The van der Waals surface area contributed by atoms with Crippen molar-refractivity contribution in [2.24, 2.45) is 0 Å². The summed E-state index contributed by atoms with van der Waals surface area (Å²) in [6.07, 6.45) is 1.10. The highest BCUT2D eigenvalue weighted by Gasteiger charge is 2.22. The molecule has 0 aliphatic carbocycles. The number of aromatic nitrogens is 1. The van der Waals surface area contributed by atoms with Crippen LogP contribution in [0, 0.1) is 10.1 Å². The van der Waals surface area contributed by atoms with Gasteiger partial charge in [0.1, 0.15) is 4.21 Å². The van der Waals surface area contributed by atoms with Crippen molar-refractivity contribution in [2.75, 3.05) is 10.6 Å². The second-order valence-corrected chi connectivity index (χ2v) is 8.91. The van der Waals surface area contributed by atoms with E-state index in [1.54, 1.807) is 24.3 Å². The summed E-state index contributed by atoms with van der Waals surface area (Å²) in [7, 11) is -3.92. The van der Waals surface area contributed by atoms with Gasteiger partial charge in [0.05, 0.1) is 26.7 Å². The number of nitro benzene ring substituents is 1. The van der Waals surface area contributed by atoms with Gasteiger partial charge < -0.3 is 5.32 Å². The molecule has 1 aromatic heterocycles. The highest BCUT2D eigenvalue weighted by atomic mass is 35.5. The Morgan fingerprint density at radius 1 is 1.11 bits per heavy atom. The van der Waals surface area contributed by atoms with E-state index in [2.05, 4.69) is 15.6 Å². The van der Waals surface area contributed by atoms with Gasteiger partial charge in [0.25, 0.3) is 5.69 Å². The lowest BCUT2D eigenvalue weighted by atomic mass is 10.3. The Morgan fingerprint density at radius 2 is 1.79 bits per heavy atom. The fraction of sp³-hybridized carbons (Fsp3) is 0. The fourth-order valence-electron chi connectivity index (χ4n) is 2.12. The second kappa shape index (κ2) is 7.92. The number of benzene rings is 2. The molecule has 12 heteroatoms. The highest BCUT2D eigenvalue weighted by molar-refractivity contribution is 7.93. The maximum atomic E-state index is 12.6. The van der Waals surface area contributed by atoms with Crippen LogP contribution in [-0.4, -0.2) is 24.4 Å². The molecule has 28 heavy (non-hydrogen) atoms. The van der Waals surface area contributed by atoms with Crippen LogP contribution in [-0.2, 0) is 9.84 Å². The maximum absolute atomic E-state index is 12.6. The number of hydrogen-bond donors (Lipinski definition) is 2. The number of non-ortho nitro benzene ring substituents is 1. The first-order chi connectivity index (χ1) is 13.3. The van der Waals surface area contributed by atoms with E-state index in [4.69, 9.17) is 11.6 Å². The monoisotopic (exact) mass is 438 g/mol. The van der Waals surface area contributed by atoms with Crippen molar-refractivity contribution in [3.8, 4) is 0 Å². The number of nitrogens with one attached hydrogen (secondary N) is 2. The molecule has 0 unspecified atom stereocenters. The number of amides is 2. The number of carbonyl (C=O) groups excluding carboxylic acids is 1. The zero-order valence-corrected chi connectivity index (χ0v) is 16.2. The number of carbonyl (C=O) groups is 1. The standard InChI is InChI=1S/C16H11ClN4O5S2/c17-12-3-1-2-4-13(12)19-15(22)20-16-18-9-14(27-16)28(25,26)11-7-5-10(6-8-11)21(23)24/h1-9H,(H2,18,19,20,22). The van der Waals surface area contributed by atoms with E-state index >= 15 is 0 Å². The summed E-state index contributed by atoms with van der Waals surface area (Å²) in [5.41, 5.74) is 0.166. The average molecular weight is 439 g/mol. The summed E-state index contributed by atoms with van der Waals surface area (Å²) < 4.78 is 25.1. The van der Waals surface area contributed by atoms with Gasteiger partial charge in [-0.25, -0.2) is 18.2 Å². The van der Waals surface area contributed by atoms with Crippen LogP contribution in [0.2, 0.25) is 5.02 Å². The molecule has 3 rings (SSSR count). The largest absolute Gasteiger partial charge is 0.325 e. The lowest BCUT2D eigenvalue weighted by Crippen LogP contribution is -2.19. The Labute approximate surface area is 168 Å². The predicted molar refractivity (Wildman–Crippen MR) is 105 cm³/mol. The Bertz CT molecular complexity index is 1150. The smallest absolute Gasteiger partial charge is 0.306 e. The average Bonchev–Trinajstić information content (AvgIpc) is 3.13. The minimum Gasteiger partial charge on any atom is -0.306 e. The van der Waals surface area contributed by atoms with Crippen LogP contribution in [0.3, 0.4) is 0 Å². The van der Waals surface area contributed by atoms with Crippen LogP contribution in [0.25, 0.3) is 0 Å². The van der Waals surface area contributed by atoms with Crippen LogP contribution in [0.15, 0.2) is 63.8 Å². The third-order valence-corrected chi connectivity index (χ3v) is 6.92. The first kappa shape index (κ1) is 19.7. The lowest BCUT2D eigenvalue weighted by Gasteiger charge is -2.06. The van der Waals surface area contributed by atoms with E-state index in [1.807, 2.05) is 0 Å². The van der Waals surface area contributed by atoms with Gasteiger partial charge in [-0.2, -0.15) is 0 Å². The summed E-state index contributed by atoms with van der Waals surface area (Å²) in [5, 5.41) is 16.0. The third-order valence-electron chi connectivity index (χ3n) is 3.45. The first-order valence-corrected chi connectivity index (χ1v) is 10.2. The number of nitrogens with zero attached hydrogens (tertiary/aromatic N) is 2. The number of hydrogen-bond acceptors (Lipinski definition) is 7. The molecule has 0 fully saturated rings. The number of nitro groups is 1. The van der Waals surface area contributed by atoms with E-state index in [0.29, 0.717) is 10.7 Å². The Kier molecular flexibility index (Phi) is 5.58. The molecular formula is C16H11ClN4O5S2. The summed E-state index contributed by atoms with van der Waals surface area (Å²) in [4.78, 5) is 25.9. The summed E-state index contributed by atoms with van der Waals surface area (Å²) in [5.74, 6) is 0. The molecule has 0 radical (unpaired) electrons. The molecule has 0 saturated heterocycles. The maximum Gasteiger partial charge on any atom is 0.325 e. The molecule has 1 heterocycles. The normalized spacial score (nSPS) is 11.0. The van der Waals surface area contributed by atoms with Crippen molar-refractivity contribution in [2.45, 2.75) is 9.10 Å². The quantitative estimate of drug-likeness (QED) is 0.453. The van der Waals surface area contributed by atoms with E-state index in [0.717, 1.165) is 41.8 Å². The molecule has 144 valence electrons. The predicted octanol–water partition coefficient (Wildman–Crippen LogP) is 4.18. The van der Waals surface area contributed by atoms with E-state index in [1.165, 1.54) is 0 Å². The Balaban J connectivity index is 1.74. The van der Waals surface area contributed by atoms with Crippen LogP contribution in [0.4, 0.5) is 21.3 Å². The van der Waals surface area contributed by atoms with Crippen LogP contribution < -0.4 is 10.6 Å². The number of halogens is 1. The van der Waals surface area contributed by atoms with Gasteiger partial charge in [-0.1, -0.05) is 35.1 Å². The molecule has 0 bridgehead atoms. The third kappa shape index (κ3) is 4.27. The topological polar surface area (TPSA) is 131 Å². The van der Waals surface area contributed by atoms with E-state index in [9.17, 15) is 23.3 Å². The second-order valence-electron chi connectivity index (χ2n) is 5.30. The van der Waals surface area contributed by atoms with Crippen molar-refractivity contribution >= 4 is 55.3 Å². The molecule has 9 nitrogen and oxygen atoms in total. The number of para-hydroxylation sites is 1. The van der Waals surface area contributed by atoms with E-state index < -0.39 is 20.8 Å². The summed E-state index contributed by atoms with van der Waals surface area (Å²) in [6.45, 7) is 0. The molecule has 0 spiro atoms. The van der Waals surface area contributed by atoms with Crippen molar-refractivity contribution in [1.29, 1.82) is 0 Å². The van der Waals surface area contributed by atoms with Gasteiger partial charge >= 0.3 is 6.03 Å². The zero-order chi connectivity index (χ0) is 20.3. The van der Waals surface area contributed by atoms with Gasteiger partial charge in [-0.05, 0) is 24.3 Å². The fourth-order valence-corrected chi connectivity index (χ4v) is 4.73. The highest BCUT2D eigenvalue weighted by Crippen LogP contribution is 2.29. The van der Waals surface area contributed by atoms with Crippen molar-refractivity contribution < 1.29 is 18.1 Å². The van der Waals surface area contributed by atoms with Gasteiger partial charge in [-0.15, -0.1) is 0 Å². The van der Waals surface area contributed by atoms with Crippen LogP contribution in [0.5, 0.6) is 0 Å². The molecule has 0 atom stereocenters. The number of anilines is 2. The zero-order valence-electron chi connectivity index (χ0n) is 13.8. The van der Waals surface area contributed by atoms with Gasteiger partial charge in [0.15, 0.2) is 5.13 Å². The van der Waals surface area contributed by atoms with Gasteiger partial charge in [-0.3, -0.25) is 15.4 Å². The van der Waals surface area contributed by atoms with Crippen LogP contribution in [0.1, 0.15) is 0 Å². The number of rotatable bonds is 5. The lowest BCUT2D eigenvalue weighted by molar-refractivity contribution is -0.384. The number of sulfone groups is 1. The molecule has 3 aromatic rings. The number of thiazole rings is 1. The molecule has 0 aliphatic heterocycles. The van der Waals surface area contributed by atoms with Crippen molar-refractivity contribution in [3.05, 3.63) is 69.9 Å². The molecule has 2 amide bonds. The first-order valence-electron chi connectivity index (χ1n) is 7.55. The van der Waals surface area contributed by atoms with E-state index in [-0.39, 0.29) is 19.9 Å². The minimum atomic E-state index is -3.92. The molecule has 0 aliphatic rings. The molecular weight excluding hydrogens is 428 g/mol. The molecule has 0 saturated carbocycles. The number of urea groups is 1. The molecule has 2 N–H and O–H groups in total. The minimum absolute atomic E-state index is 0.0602. The van der Waals surface area contributed by atoms with Crippen molar-refractivity contribution in [1.82, 2.24) is 4.98 Å². The van der Waals surface area contributed by atoms with Crippen LogP contribution >= 0.6 is 22.9 Å².